The molecule has 1 aromatic carbocycles. The third-order valence-corrected chi connectivity index (χ3v) is 3.47. The molecule has 0 aliphatic heterocycles. The molecule has 0 spiro atoms. The monoisotopic (exact) mass is 332 g/mol. The SMILES string of the molecule is CCc1nnc(-c2ccc(NC(=O)NC(CO)CC(C)C)cc2)o1. The van der Waals surface area contributed by atoms with Crippen LogP contribution < -0.4 is 10.6 Å². The first kappa shape index (κ1) is 17.9. The van der Waals surface area contributed by atoms with Crippen LogP contribution >= 0.6 is 0 Å². The lowest BCUT2D eigenvalue weighted by molar-refractivity contribution is 0.214. The van der Waals surface area contributed by atoms with Crippen LogP contribution in [0.5, 0.6) is 0 Å². The Kier molecular flexibility index (Phi) is 6.31. The van der Waals surface area contributed by atoms with Crippen molar-refractivity contribution in [1.29, 1.82) is 0 Å². The Morgan fingerprint density at radius 2 is 1.96 bits per heavy atom. The van der Waals surface area contributed by atoms with Gasteiger partial charge in [-0.2, -0.15) is 0 Å². The number of benzene rings is 1. The maximum absolute atomic E-state index is 12.0. The first-order chi connectivity index (χ1) is 11.5. The van der Waals surface area contributed by atoms with Gasteiger partial charge < -0.3 is 20.2 Å². The van der Waals surface area contributed by atoms with E-state index in [0.717, 1.165) is 12.0 Å². The molecular weight excluding hydrogens is 308 g/mol. The van der Waals surface area contributed by atoms with Crippen LogP contribution in [-0.4, -0.2) is 34.0 Å². The molecule has 0 fully saturated rings. The van der Waals surface area contributed by atoms with E-state index in [0.29, 0.717) is 29.8 Å². The number of nitrogens with zero attached hydrogens (tertiary/aromatic N) is 2. The highest BCUT2D eigenvalue weighted by Crippen LogP contribution is 2.20. The van der Waals surface area contributed by atoms with Gasteiger partial charge in [-0.15, -0.1) is 10.2 Å². The van der Waals surface area contributed by atoms with Crippen molar-refractivity contribution in [3.05, 3.63) is 30.2 Å². The van der Waals surface area contributed by atoms with Gasteiger partial charge in [-0.05, 0) is 36.6 Å². The number of amides is 2. The minimum absolute atomic E-state index is 0.0819. The second kappa shape index (κ2) is 8.44. The molecule has 7 nitrogen and oxygen atoms in total. The number of rotatable bonds is 7. The van der Waals surface area contributed by atoms with Crippen molar-refractivity contribution >= 4 is 11.7 Å². The number of aromatic nitrogens is 2. The largest absolute Gasteiger partial charge is 0.421 e. The van der Waals surface area contributed by atoms with Gasteiger partial charge in [0.1, 0.15) is 0 Å². The van der Waals surface area contributed by atoms with Crippen molar-refractivity contribution < 1.29 is 14.3 Å². The molecule has 2 aromatic rings. The Morgan fingerprint density at radius 1 is 1.25 bits per heavy atom. The van der Waals surface area contributed by atoms with E-state index in [9.17, 15) is 9.90 Å². The summed E-state index contributed by atoms with van der Waals surface area (Å²) >= 11 is 0. The predicted octanol–water partition coefficient (Wildman–Crippen LogP) is 2.83. The van der Waals surface area contributed by atoms with E-state index >= 15 is 0 Å². The highest BCUT2D eigenvalue weighted by atomic mass is 16.4. The van der Waals surface area contributed by atoms with Gasteiger partial charge in [0.15, 0.2) is 0 Å². The molecule has 1 atom stereocenters. The van der Waals surface area contributed by atoms with Crippen molar-refractivity contribution in [2.75, 3.05) is 11.9 Å². The highest BCUT2D eigenvalue weighted by molar-refractivity contribution is 5.89. The fourth-order valence-electron chi connectivity index (χ4n) is 2.31. The third kappa shape index (κ3) is 5.06. The molecule has 24 heavy (non-hydrogen) atoms. The van der Waals surface area contributed by atoms with E-state index in [-0.39, 0.29) is 18.7 Å². The van der Waals surface area contributed by atoms with Crippen LogP contribution in [0.4, 0.5) is 10.5 Å². The zero-order chi connectivity index (χ0) is 17.5. The molecule has 1 heterocycles. The topological polar surface area (TPSA) is 100 Å². The van der Waals surface area contributed by atoms with Crippen molar-refractivity contribution in [2.45, 2.75) is 39.7 Å². The minimum atomic E-state index is -0.339. The van der Waals surface area contributed by atoms with Crippen LogP contribution in [0.1, 0.15) is 33.1 Å². The number of carbonyl (C=O) groups excluding carboxylic acids is 1. The van der Waals surface area contributed by atoms with Gasteiger partial charge >= 0.3 is 6.03 Å². The summed E-state index contributed by atoms with van der Waals surface area (Å²) in [5, 5.41) is 22.7. The summed E-state index contributed by atoms with van der Waals surface area (Å²) < 4.78 is 5.49. The zero-order valence-corrected chi connectivity index (χ0v) is 14.2. The van der Waals surface area contributed by atoms with Gasteiger partial charge in [0, 0.05) is 17.7 Å². The number of aryl methyl sites for hydroxylation is 1. The molecule has 0 aliphatic rings. The standard InChI is InChI=1S/C17H24N4O3/c1-4-15-20-21-16(24-15)12-5-7-13(8-6-12)18-17(23)19-14(10-22)9-11(2)3/h5-8,11,14,22H,4,9-10H2,1-3H3,(H2,18,19,23). The molecule has 1 aromatic heterocycles. The highest BCUT2D eigenvalue weighted by Gasteiger charge is 2.13. The summed E-state index contributed by atoms with van der Waals surface area (Å²) in [5.41, 5.74) is 1.44. The molecule has 2 amide bonds. The fraction of sp³-hybridized carbons (Fsp3) is 0.471. The number of hydrogen-bond acceptors (Lipinski definition) is 5. The van der Waals surface area contributed by atoms with Gasteiger partial charge in [-0.1, -0.05) is 20.8 Å². The van der Waals surface area contributed by atoms with Crippen LogP contribution in [0.2, 0.25) is 0 Å². The molecule has 0 aliphatic carbocycles. The van der Waals surface area contributed by atoms with Crippen molar-refractivity contribution in [3.63, 3.8) is 0 Å². The Labute approximate surface area is 141 Å². The molecule has 130 valence electrons. The van der Waals surface area contributed by atoms with Crippen molar-refractivity contribution in [1.82, 2.24) is 15.5 Å². The number of hydrogen-bond donors (Lipinski definition) is 3. The summed E-state index contributed by atoms with van der Waals surface area (Å²) in [6.07, 6.45) is 1.41. The lowest BCUT2D eigenvalue weighted by atomic mass is 10.0. The Bertz CT molecular complexity index is 652. The zero-order valence-electron chi connectivity index (χ0n) is 14.2. The van der Waals surface area contributed by atoms with E-state index in [1.54, 1.807) is 24.3 Å². The molecule has 1 unspecified atom stereocenters. The molecular formula is C17H24N4O3. The maximum atomic E-state index is 12.0. The van der Waals surface area contributed by atoms with Gasteiger partial charge in [-0.25, -0.2) is 4.79 Å². The van der Waals surface area contributed by atoms with Gasteiger partial charge in [0.05, 0.1) is 12.6 Å². The summed E-state index contributed by atoms with van der Waals surface area (Å²) in [4.78, 5) is 12.0. The molecule has 0 bridgehead atoms. The maximum Gasteiger partial charge on any atom is 0.319 e. The van der Waals surface area contributed by atoms with E-state index < -0.39 is 0 Å². The van der Waals surface area contributed by atoms with E-state index in [1.165, 1.54) is 0 Å². The number of aliphatic hydroxyl groups excluding tert-OH is 1. The summed E-state index contributed by atoms with van der Waals surface area (Å²) in [6.45, 7) is 5.95. The second-order valence-corrected chi connectivity index (χ2v) is 6.04. The van der Waals surface area contributed by atoms with E-state index in [2.05, 4.69) is 20.8 Å². The summed E-state index contributed by atoms with van der Waals surface area (Å²) in [5.74, 6) is 1.44. The van der Waals surface area contributed by atoms with Crippen LogP contribution in [0.25, 0.3) is 11.5 Å². The molecule has 0 saturated carbocycles. The van der Waals surface area contributed by atoms with Crippen LogP contribution in [0.15, 0.2) is 28.7 Å². The van der Waals surface area contributed by atoms with Crippen molar-refractivity contribution in [2.24, 2.45) is 5.92 Å². The first-order valence-electron chi connectivity index (χ1n) is 8.13. The average Bonchev–Trinajstić information content (AvgIpc) is 3.03. The Balaban J connectivity index is 1.94. The average molecular weight is 332 g/mol. The third-order valence-electron chi connectivity index (χ3n) is 3.47. The number of urea groups is 1. The number of carbonyl (C=O) groups is 1. The van der Waals surface area contributed by atoms with Crippen LogP contribution in [0, 0.1) is 5.92 Å². The molecule has 3 N–H and O–H groups in total. The molecule has 0 radical (unpaired) electrons. The molecule has 0 saturated heterocycles. The minimum Gasteiger partial charge on any atom is -0.421 e. The normalized spacial score (nSPS) is 12.2. The van der Waals surface area contributed by atoms with Gasteiger partial charge in [0.2, 0.25) is 11.8 Å². The Morgan fingerprint density at radius 3 is 2.50 bits per heavy atom. The summed E-state index contributed by atoms with van der Waals surface area (Å²) in [6, 6.07) is 6.55. The lowest BCUT2D eigenvalue weighted by Gasteiger charge is -2.18. The predicted molar refractivity (Wildman–Crippen MR) is 91.6 cm³/mol. The summed E-state index contributed by atoms with van der Waals surface area (Å²) in [7, 11) is 0. The lowest BCUT2D eigenvalue weighted by Crippen LogP contribution is -2.40. The van der Waals surface area contributed by atoms with E-state index in [1.807, 2.05) is 20.8 Å². The van der Waals surface area contributed by atoms with Crippen LogP contribution in [0.3, 0.4) is 0 Å². The van der Waals surface area contributed by atoms with E-state index in [4.69, 9.17) is 4.42 Å². The Hall–Kier alpha value is -2.41. The van der Waals surface area contributed by atoms with Crippen molar-refractivity contribution in [3.8, 4) is 11.5 Å². The van der Waals surface area contributed by atoms with Crippen LogP contribution in [-0.2, 0) is 6.42 Å². The van der Waals surface area contributed by atoms with Gasteiger partial charge in [-0.3, -0.25) is 0 Å². The number of aliphatic hydroxyl groups is 1. The van der Waals surface area contributed by atoms with Gasteiger partial charge in [0.25, 0.3) is 0 Å². The fourth-order valence-corrected chi connectivity index (χ4v) is 2.31. The molecule has 7 heteroatoms. The number of nitrogens with one attached hydrogen (secondary N) is 2. The molecule has 2 rings (SSSR count). The second-order valence-electron chi connectivity index (χ2n) is 6.04. The quantitative estimate of drug-likeness (QED) is 0.724. The number of anilines is 1. The first-order valence-corrected chi connectivity index (χ1v) is 8.13. The smallest absolute Gasteiger partial charge is 0.319 e.